The van der Waals surface area contributed by atoms with Crippen LogP contribution in [-0.4, -0.2) is 22.6 Å². The molecule has 3 saturated heterocycles. The monoisotopic (exact) mass is 558 g/mol. The standard InChI is InChI=1S/C37H52P2/c1-23-2-3-32(34(4-23)35-33-12-30-11-31(13-33)21-38(35)20-30)22-39(36-14-24-5-25(15-36)7-26(6-24)16-36)37-17-27-8-28(18-37)10-29(9-27)19-37/h2-4,24-31,33,35H,5-22H2,1H3. The van der Waals surface area contributed by atoms with Crippen LogP contribution in [0.25, 0.3) is 0 Å². The molecule has 1 aromatic carbocycles. The predicted molar refractivity (Wildman–Crippen MR) is 167 cm³/mol. The van der Waals surface area contributed by atoms with Gasteiger partial charge in [0.25, 0.3) is 0 Å². The van der Waals surface area contributed by atoms with E-state index >= 15 is 0 Å². The molecule has 39 heavy (non-hydrogen) atoms. The molecule has 0 nitrogen and oxygen atoms in total. The fourth-order valence-electron chi connectivity index (χ4n) is 14.8. The second-order valence-electron chi connectivity index (χ2n) is 17.7. The fourth-order valence-corrected chi connectivity index (χ4v) is 24.0. The molecule has 0 N–H and O–H groups in total. The van der Waals surface area contributed by atoms with Crippen molar-refractivity contribution in [2.75, 3.05) is 12.3 Å². The molecule has 12 bridgehead atoms. The molecule has 3 heterocycles. The van der Waals surface area contributed by atoms with Crippen molar-refractivity contribution < 1.29 is 0 Å². The average Bonchev–Trinajstić information content (AvgIpc) is 2.86. The minimum Gasteiger partial charge on any atom is -0.0982 e. The molecule has 12 fully saturated rings. The van der Waals surface area contributed by atoms with E-state index in [2.05, 4.69) is 25.1 Å². The second kappa shape index (κ2) is 8.59. The lowest BCUT2D eigenvalue weighted by molar-refractivity contribution is 0.0184. The highest BCUT2D eigenvalue weighted by atomic mass is 31.1. The summed E-state index contributed by atoms with van der Waals surface area (Å²) in [6.07, 6.45) is 29.3. The van der Waals surface area contributed by atoms with E-state index in [1.54, 1.807) is 120 Å². The smallest absolute Gasteiger partial charge is 0.00734 e. The van der Waals surface area contributed by atoms with E-state index in [0.29, 0.717) is 0 Å². The summed E-state index contributed by atoms with van der Waals surface area (Å²) in [6, 6.07) is 8.06. The molecule has 13 rings (SSSR count). The summed E-state index contributed by atoms with van der Waals surface area (Å²) in [7, 11) is 0.309. The quantitative estimate of drug-likeness (QED) is 0.315. The van der Waals surface area contributed by atoms with Gasteiger partial charge in [-0.05, 0) is 196 Å². The zero-order valence-corrected chi connectivity index (χ0v) is 26.4. The van der Waals surface area contributed by atoms with Crippen LogP contribution >= 0.6 is 15.8 Å². The van der Waals surface area contributed by atoms with Crippen LogP contribution in [0, 0.1) is 60.2 Å². The lowest BCUT2D eigenvalue weighted by Gasteiger charge is -2.67. The van der Waals surface area contributed by atoms with Crippen molar-refractivity contribution in [3.8, 4) is 0 Å². The first-order valence-corrected chi connectivity index (χ1v) is 20.9. The molecule has 0 radical (unpaired) electrons. The summed E-state index contributed by atoms with van der Waals surface area (Å²) in [5.74, 6) is 9.96. The largest absolute Gasteiger partial charge is 0.0982 e. The summed E-state index contributed by atoms with van der Waals surface area (Å²) in [5, 5.41) is 1.54. The zero-order valence-electron chi connectivity index (χ0n) is 24.6. The van der Waals surface area contributed by atoms with Gasteiger partial charge in [-0.2, -0.15) is 0 Å². The Kier molecular flexibility index (Phi) is 5.40. The van der Waals surface area contributed by atoms with E-state index < -0.39 is 0 Å². The number of benzene rings is 1. The number of hydrogen-bond acceptors (Lipinski definition) is 0. The van der Waals surface area contributed by atoms with Crippen molar-refractivity contribution in [1.29, 1.82) is 0 Å². The maximum atomic E-state index is 2.78. The second-order valence-corrected chi connectivity index (χ2v) is 23.2. The van der Waals surface area contributed by atoms with Gasteiger partial charge in [-0.15, -0.1) is 0 Å². The van der Waals surface area contributed by atoms with Crippen LogP contribution in [0.5, 0.6) is 0 Å². The Labute approximate surface area is 241 Å². The van der Waals surface area contributed by atoms with Crippen LogP contribution in [0.15, 0.2) is 18.2 Å². The maximum absolute atomic E-state index is 2.78. The molecule has 3 aliphatic heterocycles. The maximum Gasteiger partial charge on any atom is 0.00734 e. The summed E-state index contributed by atoms with van der Waals surface area (Å²) < 4.78 is 0. The third-order valence-electron chi connectivity index (χ3n) is 14.9. The molecule has 0 aromatic heterocycles. The molecule has 210 valence electrons. The van der Waals surface area contributed by atoms with E-state index in [4.69, 9.17) is 0 Å². The number of rotatable bonds is 5. The van der Waals surface area contributed by atoms with Crippen molar-refractivity contribution in [3.05, 3.63) is 34.9 Å². The van der Waals surface area contributed by atoms with Gasteiger partial charge in [-0.3, -0.25) is 0 Å². The van der Waals surface area contributed by atoms with Crippen molar-refractivity contribution in [2.45, 2.75) is 125 Å². The van der Waals surface area contributed by atoms with Crippen LogP contribution in [0.4, 0.5) is 0 Å². The summed E-state index contributed by atoms with van der Waals surface area (Å²) in [4.78, 5) is 0. The highest BCUT2D eigenvalue weighted by Crippen LogP contribution is 2.80. The van der Waals surface area contributed by atoms with Crippen molar-refractivity contribution >= 4 is 15.8 Å². The first-order valence-electron chi connectivity index (χ1n) is 17.6. The van der Waals surface area contributed by atoms with Crippen LogP contribution in [0.2, 0.25) is 0 Å². The van der Waals surface area contributed by atoms with Gasteiger partial charge in [0.2, 0.25) is 0 Å². The molecule has 9 saturated carbocycles. The van der Waals surface area contributed by atoms with Crippen molar-refractivity contribution in [2.24, 2.45) is 53.3 Å². The highest BCUT2D eigenvalue weighted by Gasteiger charge is 2.62. The molecule has 12 aliphatic rings. The van der Waals surface area contributed by atoms with E-state index in [9.17, 15) is 0 Å². The molecule has 1 aromatic rings. The van der Waals surface area contributed by atoms with E-state index in [1.165, 1.54) is 0 Å². The molecule has 3 unspecified atom stereocenters. The first-order chi connectivity index (χ1) is 19.0. The van der Waals surface area contributed by atoms with Crippen LogP contribution in [-0.2, 0) is 6.16 Å². The van der Waals surface area contributed by atoms with Crippen LogP contribution < -0.4 is 0 Å². The van der Waals surface area contributed by atoms with E-state index in [0.717, 1.165) is 69.2 Å². The first kappa shape index (κ1) is 24.5. The summed E-state index contributed by atoms with van der Waals surface area (Å²) >= 11 is 0. The zero-order chi connectivity index (χ0) is 25.5. The Bertz CT molecular complexity index is 1020. The lowest BCUT2D eigenvalue weighted by Crippen LogP contribution is -2.56. The van der Waals surface area contributed by atoms with Gasteiger partial charge in [-0.1, -0.05) is 39.6 Å². The van der Waals surface area contributed by atoms with Crippen LogP contribution in [0.3, 0.4) is 0 Å². The molecular formula is C37H52P2. The molecular weight excluding hydrogens is 506 g/mol. The predicted octanol–water partition coefficient (Wildman–Crippen LogP) is 10.5. The Morgan fingerprint density at radius 3 is 1.56 bits per heavy atom. The van der Waals surface area contributed by atoms with Crippen molar-refractivity contribution in [3.63, 3.8) is 0 Å². The molecule has 3 atom stereocenters. The molecule has 9 aliphatic carbocycles. The van der Waals surface area contributed by atoms with Gasteiger partial charge in [0.05, 0.1) is 0 Å². The lowest BCUT2D eigenvalue weighted by atomic mass is 9.55. The minimum atomic E-state index is 0.0604. The third-order valence-corrected chi connectivity index (χ3v) is 22.4. The van der Waals surface area contributed by atoms with Gasteiger partial charge in [-0.25, -0.2) is 0 Å². The van der Waals surface area contributed by atoms with Crippen LogP contribution in [0.1, 0.15) is 119 Å². The van der Waals surface area contributed by atoms with Gasteiger partial charge in [0.15, 0.2) is 0 Å². The summed E-state index contributed by atoms with van der Waals surface area (Å²) in [6.45, 7) is 2.41. The molecule has 2 heteroatoms. The Morgan fingerprint density at radius 1 is 0.641 bits per heavy atom. The van der Waals surface area contributed by atoms with Gasteiger partial charge >= 0.3 is 0 Å². The Hall–Kier alpha value is 0.0800. The average molecular weight is 559 g/mol. The highest BCUT2D eigenvalue weighted by molar-refractivity contribution is 7.60. The summed E-state index contributed by atoms with van der Waals surface area (Å²) in [5.41, 5.74) is 6.39. The topological polar surface area (TPSA) is 0 Å². The van der Waals surface area contributed by atoms with Gasteiger partial charge < -0.3 is 0 Å². The fraction of sp³-hybridized carbons (Fsp3) is 0.838. The Balaban J connectivity index is 1.07. The third kappa shape index (κ3) is 3.74. The molecule has 0 amide bonds. The minimum absolute atomic E-state index is 0.0604. The number of aryl methyl sites for hydroxylation is 1. The van der Waals surface area contributed by atoms with E-state index in [-0.39, 0.29) is 15.8 Å². The van der Waals surface area contributed by atoms with Gasteiger partial charge in [0, 0.05) is 5.66 Å². The molecule has 0 spiro atoms. The normalized spacial score (nSPS) is 54.5. The Morgan fingerprint density at radius 2 is 1.10 bits per heavy atom. The SMILES string of the molecule is Cc1ccc(CP(C23CC4CC(CC(C4)C2)C3)C23CC4CC(CC(C4)C2)C3)c(C2C3CC4CC(C3)CP2C4)c1. The van der Waals surface area contributed by atoms with Crippen molar-refractivity contribution in [1.82, 2.24) is 0 Å². The number of hydrogen-bond donors (Lipinski definition) is 0. The van der Waals surface area contributed by atoms with E-state index in [1.807, 2.05) is 11.1 Å². The van der Waals surface area contributed by atoms with Gasteiger partial charge in [0.1, 0.15) is 0 Å².